The lowest BCUT2D eigenvalue weighted by Crippen LogP contribution is -2.62. The number of nitrogens with zero attached hydrogens (tertiary/aromatic N) is 1. The lowest BCUT2D eigenvalue weighted by atomic mass is 9.71. The number of carbonyl (C=O) groups excluding carboxylic acids is 2. The van der Waals surface area contributed by atoms with Crippen molar-refractivity contribution in [3.05, 3.63) is 29.8 Å². The molecule has 2 amide bonds. The number of nitrogens with one attached hydrogen (secondary N) is 1. The van der Waals surface area contributed by atoms with Gasteiger partial charge in [-0.05, 0) is 43.5 Å². The Morgan fingerprint density at radius 3 is 2.62 bits per heavy atom. The van der Waals surface area contributed by atoms with Crippen LogP contribution in [0.3, 0.4) is 0 Å². The van der Waals surface area contributed by atoms with Crippen molar-refractivity contribution in [1.82, 2.24) is 10.2 Å². The normalized spacial score (nSPS) is 26.5. The third-order valence-corrected chi connectivity index (χ3v) is 4.94. The Balaban J connectivity index is 1.74. The lowest BCUT2D eigenvalue weighted by molar-refractivity contribution is -0.274. The number of amides is 2. The Hall–Kier alpha value is -2.29. The third-order valence-electron chi connectivity index (χ3n) is 4.94. The summed E-state index contributed by atoms with van der Waals surface area (Å²) in [4.78, 5) is 26.5. The topological polar surface area (TPSA) is 78.9 Å². The van der Waals surface area contributed by atoms with Crippen molar-refractivity contribution in [2.45, 2.75) is 31.7 Å². The molecule has 0 radical (unpaired) electrons. The van der Waals surface area contributed by atoms with Crippen LogP contribution in [0.2, 0.25) is 0 Å². The molecule has 3 rings (SSSR count). The zero-order valence-corrected chi connectivity index (χ0v) is 13.9. The summed E-state index contributed by atoms with van der Waals surface area (Å²) >= 11 is 0. The molecular weight excluding hydrogens is 353 g/mol. The molecule has 0 aliphatic carbocycles. The van der Waals surface area contributed by atoms with Gasteiger partial charge in [0.2, 0.25) is 5.91 Å². The predicted octanol–water partition coefficient (Wildman–Crippen LogP) is 1.69. The number of alkyl halides is 3. The van der Waals surface area contributed by atoms with E-state index >= 15 is 0 Å². The fourth-order valence-corrected chi connectivity index (χ4v) is 3.60. The summed E-state index contributed by atoms with van der Waals surface area (Å²) in [5.74, 6) is -1.07. The van der Waals surface area contributed by atoms with Crippen LogP contribution in [0, 0.1) is 5.41 Å². The van der Waals surface area contributed by atoms with Crippen LogP contribution in [0.5, 0.6) is 5.75 Å². The van der Waals surface area contributed by atoms with E-state index in [2.05, 4.69) is 10.1 Å². The van der Waals surface area contributed by atoms with Crippen molar-refractivity contribution in [3.63, 3.8) is 0 Å². The number of aliphatic hydroxyl groups is 1. The third kappa shape index (κ3) is 3.62. The molecule has 9 heteroatoms. The molecule has 2 atom stereocenters. The Kier molecular flexibility index (Phi) is 4.83. The summed E-state index contributed by atoms with van der Waals surface area (Å²) in [6.07, 6.45) is -4.14. The van der Waals surface area contributed by atoms with Crippen molar-refractivity contribution < 1.29 is 32.6 Å². The average Bonchev–Trinajstić information content (AvgIpc) is 2.58. The monoisotopic (exact) mass is 372 g/mol. The van der Waals surface area contributed by atoms with E-state index in [0.29, 0.717) is 19.4 Å². The van der Waals surface area contributed by atoms with Gasteiger partial charge in [0.15, 0.2) is 0 Å². The van der Waals surface area contributed by atoms with Gasteiger partial charge < -0.3 is 20.1 Å². The minimum Gasteiger partial charge on any atom is -0.406 e. The summed E-state index contributed by atoms with van der Waals surface area (Å²) in [6.45, 7) is 0.900. The second-order valence-corrected chi connectivity index (χ2v) is 6.62. The van der Waals surface area contributed by atoms with Crippen LogP contribution < -0.4 is 10.1 Å². The number of halogens is 3. The summed E-state index contributed by atoms with van der Waals surface area (Å²) in [5.41, 5.74) is -0.826. The molecule has 2 heterocycles. The molecular formula is C17H19F3N2O4. The van der Waals surface area contributed by atoms with Gasteiger partial charge in [-0.3, -0.25) is 9.59 Å². The average molecular weight is 372 g/mol. The second kappa shape index (κ2) is 6.79. The van der Waals surface area contributed by atoms with Gasteiger partial charge in [0, 0.05) is 25.2 Å². The zero-order chi connectivity index (χ0) is 18.9. The fraction of sp³-hybridized carbons (Fsp3) is 0.529. The van der Waals surface area contributed by atoms with E-state index in [9.17, 15) is 27.9 Å². The Labute approximate surface area is 147 Å². The van der Waals surface area contributed by atoms with E-state index in [-0.39, 0.29) is 31.0 Å². The Morgan fingerprint density at radius 2 is 2.00 bits per heavy atom. The molecule has 26 heavy (non-hydrogen) atoms. The van der Waals surface area contributed by atoms with Crippen LogP contribution in [-0.4, -0.2) is 53.9 Å². The second-order valence-electron chi connectivity index (χ2n) is 6.62. The number of rotatable bonds is 2. The maximum absolute atomic E-state index is 12.7. The highest BCUT2D eigenvalue weighted by Crippen LogP contribution is 2.37. The smallest absolute Gasteiger partial charge is 0.406 e. The van der Waals surface area contributed by atoms with E-state index in [1.54, 1.807) is 0 Å². The highest BCUT2D eigenvalue weighted by atomic mass is 19.4. The molecule has 1 spiro atoms. The van der Waals surface area contributed by atoms with Crippen LogP contribution in [0.4, 0.5) is 13.2 Å². The van der Waals surface area contributed by atoms with Crippen LogP contribution in [-0.2, 0) is 4.79 Å². The van der Waals surface area contributed by atoms with Crippen molar-refractivity contribution in [1.29, 1.82) is 0 Å². The number of hydrogen-bond donors (Lipinski definition) is 2. The molecule has 6 nitrogen and oxygen atoms in total. The first-order chi connectivity index (χ1) is 12.2. The zero-order valence-electron chi connectivity index (χ0n) is 13.9. The van der Waals surface area contributed by atoms with Gasteiger partial charge in [0.25, 0.3) is 5.91 Å². The molecule has 1 aromatic carbocycles. The maximum Gasteiger partial charge on any atom is 0.573 e. The van der Waals surface area contributed by atoms with E-state index < -0.39 is 29.5 Å². The van der Waals surface area contributed by atoms with Gasteiger partial charge in [0.05, 0.1) is 11.5 Å². The van der Waals surface area contributed by atoms with Gasteiger partial charge in [-0.25, -0.2) is 0 Å². The minimum atomic E-state index is -4.80. The molecule has 0 aromatic heterocycles. The van der Waals surface area contributed by atoms with Crippen LogP contribution >= 0.6 is 0 Å². The molecule has 1 aromatic rings. The molecule has 2 saturated heterocycles. The Bertz CT molecular complexity index is 692. The molecule has 0 bridgehead atoms. The van der Waals surface area contributed by atoms with Crippen molar-refractivity contribution >= 4 is 11.8 Å². The van der Waals surface area contributed by atoms with Gasteiger partial charge >= 0.3 is 6.36 Å². The van der Waals surface area contributed by atoms with E-state index in [4.69, 9.17) is 0 Å². The first-order valence-electron chi connectivity index (χ1n) is 8.33. The maximum atomic E-state index is 12.7. The first kappa shape index (κ1) is 18.5. The fourth-order valence-electron chi connectivity index (χ4n) is 3.60. The summed E-state index contributed by atoms with van der Waals surface area (Å²) in [6, 6.07) is 4.65. The number of piperidine rings is 2. The van der Waals surface area contributed by atoms with Gasteiger partial charge in [-0.2, -0.15) is 0 Å². The number of benzene rings is 1. The van der Waals surface area contributed by atoms with Crippen LogP contribution in [0.1, 0.15) is 29.6 Å². The van der Waals surface area contributed by atoms with Crippen LogP contribution in [0.25, 0.3) is 0 Å². The molecule has 142 valence electrons. The summed E-state index contributed by atoms with van der Waals surface area (Å²) in [5, 5.41) is 13.1. The van der Waals surface area contributed by atoms with Crippen LogP contribution in [0.15, 0.2) is 24.3 Å². The highest BCUT2D eigenvalue weighted by molar-refractivity contribution is 5.95. The summed E-state index contributed by atoms with van der Waals surface area (Å²) in [7, 11) is 0. The summed E-state index contributed by atoms with van der Waals surface area (Å²) < 4.78 is 40.4. The van der Waals surface area contributed by atoms with Crippen molar-refractivity contribution in [2.24, 2.45) is 5.41 Å². The first-order valence-corrected chi connectivity index (χ1v) is 8.33. The number of ether oxygens (including phenoxy) is 1. The quantitative estimate of drug-likeness (QED) is 0.828. The molecule has 2 aliphatic heterocycles. The minimum absolute atomic E-state index is 0.0830. The lowest BCUT2D eigenvalue weighted by Gasteiger charge is -2.46. The molecule has 2 N–H and O–H groups in total. The number of aliphatic hydroxyl groups excluding tert-OH is 1. The Morgan fingerprint density at radius 1 is 1.31 bits per heavy atom. The standard InChI is InChI=1S/C17H19F3N2O4/c18-17(19,20)26-12-4-2-11(3-5-12)14(24)22-9-6-13(23)16(10-22)7-1-8-21-15(16)25/h2-5,13,23H,1,6-10H2,(H,21,25)/t13-,16+/m0/s1. The molecule has 0 saturated carbocycles. The molecule has 0 unspecified atom stereocenters. The SMILES string of the molecule is O=C(c1ccc(OC(F)(F)F)cc1)N1CC[C@H](O)[C@@]2(CCCNC2=O)C1. The molecule has 2 aliphatic rings. The van der Waals surface area contributed by atoms with Gasteiger partial charge in [0.1, 0.15) is 5.75 Å². The highest BCUT2D eigenvalue weighted by Gasteiger charge is 2.50. The molecule has 2 fully saturated rings. The van der Waals surface area contributed by atoms with E-state index in [1.165, 1.54) is 17.0 Å². The number of carbonyl (C=O) groups is 2. The van der Waals surface area contributed by atoms with E-state index in [0.717, 1.165) is 12.1 Å². The van der Waals surface area contributed by atoms with Gasteiger partial charge in [-0.15, -0.1) is 13.2 Å². The number of hydrogen-bond acceptors (Lipinski definition) is 4. The number of likely N-dealkylation sites (tertiary alicyclic amines) is 1. The predicted molar refractivity (Wildman–Crippen MR) is 84.3 cm³/mol. The van der Waals surface area contributed by atoms with Crippen molar-refractivity contribution in [2.75, 3.05) is 19.6 Å². The van der Waals surface area contributed by atoms with Gasteiger partial charge in [-0.1, -0.05) is 0 Å². The van der Waals surface area contributed by atoms with Crippen molar-refractivity contribution in [3.8, 4) is 5.75 Å². The van der Waals surface area contributed by atoms with E-state index in [1.807, 2.05) is 0 Å². The largest absolute Gasteiger partial charge is 0.573 e.